The summed E-state index contributed by atoms with van der Waals surface area (Å²) in [5, 5.41) is 0. The van der Waals surface area contributed by atoms with Gasteiger partial charge in [0.1, 0.15) is 0 Å². The summed E-state index contributed by atoms with van der Waals surface area (Å²) in [5.74, 6) is 5.10. The zero-order valence-electron chi connectivity index (χ0n) is 65.2. The highest BCUT2D eigenvalue weighted by atomic mass is 15.0. The first-order valence-electron chi connectivity index (χ1n) is 40.0. The normalized spacial score (nSPS) is 11.0. The molecule has 10 heteroatoms. The minimum absolute atomic E-state index is 0.607. The molecule has 0 fully saturated rings. The number of hydrogen-bond acceptors (Lipinski definition) is 10. The predicted molar refractivity (Wildman–Crippen MR) is 489 cm³/mol. The summed E-state index contributed by atoms with van der Waals surface area (Å²) in [6.45, 7) is 0. The molecule has 0 amide bonds. The van der Waals surface area contributed by atoms with Gasteiger partial charge in [0, 0.05) is 66.8 Å². The van der Waals surface area contributed by atoms with Gasteiger partial charge in [-0.1, -0.05) is 413 Å². The molecular weight excluding hydrogens is 1460 g/mol. The van der Waals surface area contributed by atoms with E-state index >= 15 is 0 Å². The van der Waals surface area contributed by atoms with Crippen molar-refractivity contribution in [1.29, 1.82) is 0 Å². The first kappa shape index (κ1) is 73.8. The molecule has 0 spiro atoms. The number of aromatic nitrogens is 10. The molecule has 0 N–H and O–H groups in total. The lowest BCUT2D eigenvalue weighted by atomic mass is 9.92. The van der Waals surface area contributed by atoms with Crippen molar-refractivity contribution < 1.29 is 0 Å². The Kier molecular flexibility index (Phi) is 21.2. The van der Waals surface area contributed by atoms with Crippen molar-refractivity contribution in [1.82, 2.24) is 49.8 Å². The minimum atomic E-state index is 0.607. The first-order valence-corrected chi connectivity index (χ1v) is 40.0. The Morgan fingerprint density at radius 1 is 0.0917 bits per heavy atom. The highest BCUT2D eigenvalue weighted by molar-refractivity contribution is 5.90. The summed E-state index contributed by atoms with van der Waals surface area (Å²) in [4.78, 5) is 50.3. The molecule has 0 aliphatic carbocycles. The predicted octanol–water partition coefficient (Wildman–Crippen LogP) is 27.3. The van der Waals surface area contributed by atoms with Crippen molar-refractivity contribution in [2.45, 2.75) is 0 Å². The van der Waals surface area contributed by atoms with Crippen LogP contribution >= 0.6 is 0 Å². The van der Waals surface area contributed by atoms with E-state index in [2.05, 4.69) is 279 Å². The molecule has 120 heavy (non-hydrogen) atoms. The van der Waals surface area contributed by atoms with Crippen LogP contribution in [0.4, 0.5) is 0 Å². The Morgan fingerprint density at radius 3 is 0.575 bits per heavy atom. The van der Waals surface area contributed by atoms with Crippen LogP contribution in [0.1, 0.15) is 0 Å². The molecular formula is C110H74N10. The lowest BCUT2D eigenvalue weighted by Gasteiger charge is -2.14. The van der Waals surface area contributed by atoms with Crippen LogP contribution in [0.3, 0.4) is 0 Å². The fraction of sp³-hybridized carbons (Fsp3) is 0. The molecule has 16 aromatic carbocycles. The van der Waals surface area contributed by atoms with Crippen LogP contribution < -0.4 is 0 Å². The summed E-state index contributed by atoms with van der Waals surface area (Å²) in [6, 6.07) is 154. The second kappa shape index (κ2) is 34.4. The number of rotatable bonds is 18. The van der Waals surface area contributed by atoms with E-state index in [1.165, 1.54) is 11.1 Å². The van der Waals surface area contributed by atoms with Crippen LogP contribution in [-0.2, 0) is 0 Å². The molecule has 10 nitrogen and oxygen atoms in total. The van der Waals surface area contributed by atoms with Crippen molar-refractivity contribution in [3.8, 4) is 203 Å². The fourth-order valence-electron chi connectivity index (χ4n) is 15.0. The Bertz CT molecular complexity index is 6820. The lowest BCUT2D eigenvalue weighted by molar-refractivity contribution is 1.07. The monoisotopic (exact) mass is 1530 g/mol. The van der Waals surface area contributed by atoms with E-state index in [-0.39, 0.29) is 0 Å². The molecule has 0 unspecified atom stereocenters. The van der Waals surface area contributed by atoms with Crippen LogP contribution in [0.5, 0.6) is 0 Å². The topological polar surface area (TPSA) is 129 Å². The van der Waals surface area contributed by atoms with E-state index in [1.807, 2.05) is 170 Å². The van der Waals surface area contributed by atoms with Crippen molar-refractivity contribution in [3.63, 3.8) is 0 Å². The molecule has 20 rings (SSSR count). The molecule has 4 aromatic heterocycles. The Labute approximate surface area is 697 Å². The van der Waals surface area contributed by atoms with E-state index in [0.717, 1.165) is 145 Å². The zero-order chi connectivity index (χ0) is 80.2. The molecule has 0 atom stereocenters. The quantitative estimate of drug-likeness (QED) is 0.0819. The van der Waals surface area contributed by atoms with Crippen molar-refractivity contribution >= 4 is 0 Å². The Hall–Kier alpha value is -16.3. The van der Waals surface area contributed by atoms with Crippen LogP contribution in [0.25, 0.3) is 203 Å². The van der Waals surface area contributed by atoms with Gasteiger partial charge >= 0.3 is 0 Å². The van der Waals surface area contributed by atoms with Gasteiger partial charge in [0.15, 0.2) is 46.6 Å². The molecule has 0 aliphatic rings. The third kappa shape index (κ3) is 16.5. The fourth-order valence-corrected chi connectivity index (χ4v) is 15.0. The summed E-state index contributed by atoms with van der Waals surface area (Å²) in [6.07, 6.45) is 0. The van der Waals surface area contributed by atoms with Crippen molar-refractivity contribution in [2.24, 2.45) is 0 Å². The Morgan fingerprint density at radius 2 is 0.275 bits per heavy atom. The average Bonchev–Trinajstić information content (AvgIpc) is 0.791. The van der Waals surface area contributed by atoms with E-state index < -0.39 is 0 Å². The standard InChI is InChI=1S/2C55H37N5/c1-6-17-39(18-7-1)48-34-33-47(36-49(48)40-19-8-2-9-20-40)51-37-50(56-52(57-51)41-21-10-3-11-22-41)46-28-16-27-45(35-46)38-29-31-44(32-30-38)55-59-53(42-23-12-4-13-24-42)58-54(60-55)43-25-14-5-15-26-43;1-6-17-39(18-7-1)48-34-33-47(36-49(48)40-19-8-2-9-20-40)55-59-53(43-25-14-5-15-26-43)58-54(60-55)44-31-29-38(30-32-44)45-27-16-28-46(35-45)51-37-50(41-21-10-3-11-22-41)56-52(57-51)42-23-12-4-13-24-42/h2*1-37H. The maximum absolute atomic E-state index is 5.18. The van der Waals surface area contributed by atoms with Gasteiger partial charge in [-0.05, 0) is 103 Å². The van der Waals surface area contributed by atoms with Gasteiger partial charge < -0.3 is 0 Å². The third-order valence-electron chi connectivity index (χ3n) is 21.2. The second-order valence-corrected chi connectivity index (χ2v) is 29.0. The van der Waals surface area contributed by atoms with Crippen LogP contribution in [-0.4, -0.2) is 49.8 Å². The van der Waals surface area contributed by atoms with E-state index in [4.69, 9.17) is 49.8 Å². The summed E-state index contributed by atoms with van der Waals surface area (Å²) >= 11 is 0. The van der Waals surface area contributed by atoms with Gasteiger partial charge in [0.25, 0.3) is 0 Å². The van der Waals surface area contributed by atoms with Crippen LogP contribution in [0, 0.1) is 0 Å². The zero-order valence-corrected chi connectivity index (χ0v) is 65.2. The maximum atomic E-state index is 5.18. The summed E-state index contributed by atoms with van der Waals surface area (Å²) in [5.41, 5.74) is 28.5. The molecule has 0 aliphatic heterocycles. The van der Waals surface area contributed by atoms with E-state index in [0.29, 0.717) is 46.6 Å². The highest BCUT2D eigenvalue weighted by Crippen LogP contribution is 2.41. The molecule has 0 radical (unpaired) electrons. The summed E-state index contributed by atoms with van der Waals surface area (Å²) < 4.78 is 0. The number of benzene rings is 16. The molecule has 0 saturated heterocycles. The highest BCUT2D eigenvalue weighted by Gasteiger charge is 2.21. The smallest absolute Gasteiger partial charge is 0.164 e. The number of hydrogen-bond donors (Lipinski definition) is 0. The Balaban J connectivity index is 0.000000159. The first-order chi connectivity index (χ1) is 59.4. The van der Waals surface area contributed by atoms with Gasteiger partial charge in [-0.2, -0.15) is 0 Å². The maximum Gasteiger partial charge on any atom is 0.164 e. The van der Waals surface area contributed by atoms with Gasteiger partial charge in [-0.3, -0.25) is 0 Å². The van der Waals surface area contributed by atoms with Gasteiger partial charge in [-0.25, -0.2) is 49.8 Å². The second-order valence-electron chi connectivity index (χ2n) is 29.0. The average molecular weight is 1540 g/mol. The van der Waals surface area contributed by atoms with Crippen LogP contribution in [0.2, 0.25) is 0 Å². The van der Waals surface area contributed by atoms with Crippen molar-refractivity contribution in [3.05, 3.63) is 449 Å². The minimum Gasteiger partial charge on any atom is -0.228 e. The molecule has 20 aromatic rings. The van der Waals surface area contributed by atoms with Gasteiger partial charge in [0.2, 0.25) is 0 Å². The van der Waals surface area contributed by atoms with E-state index in [1.54, 1.807) is 0 Å². The third-order valence-corrected chi connectivity index (χ3v) is 21.2. The molecule has 0 bridgehead atoms. The van der Waals surface area contributed by atoms with Crippen molar-refractivity contribution in [2.75, 3.05) is 0 Å². The van der Waals surface area contributed by atoms with Crippen LogP contribution in [0.15, 0.2) is 449 Å². The van der Waals surface area contributed by atoms with Gasteiger partial charge in [-0.15, -0.1) is 0 Å². The lowest BCUT2D eigenvalue weighted by Crippen LogP contribution is -2.00. The molecule has 0 saturated carbocycles. The molecule has 4 heterocycles. The largest absolute Gasteiger partial charge is 0.228 e. The van der Waals surface area contributed by atoms with Gasteiger partial charge in [0.05, 0.1) is 22.8 Å². The number of nitrogens with zero attached hydrogens (tertiary/aromatic N) is 10. The SMILES string of the molecule is c1ccc(-c2cc(-c3cccc(-c4ccc(-c5nc(-c6ccccc6)nc(-c6ccc(-c7ccccc7)c(-c7ccccc7)c6)n5)cc4)c3)nc(-c3ccccc3)n2)cc1.c1ccc(-c2nc(-c3cccc(-c4ccc(-c5nc(-c6ccccc6)nc(-c6ccccc6)n5)cc4)c3)cc(-c3ccc(-c4ccccc4)c(-c4ccccc4)c3)n2)cc1. The van der Waals surface area contributed by atoms with E-state index in [9.17, 15) is 0 Å². The molecule has 564 valence electrons. The summed E-state index contributed by atoms with van der Waals surface area (Å²) in [7, 11) is 0.